The number of aromatic nitrogens is 1. The van der Waals surface area contributed by atoms with Gasteiger partial charge in [0.25, 0.3) is 0 Å². The minimum atomic E-state index is -0.505. The smallest absolute Gasteiger partial charge is 0.137 e. The van der Waals surface area contributed by atoms with Gasteiger partial charge < -0.3 is 24.6 Å². The van der Waals surface area contributed by atoms with Crippen LogP contribution in [0.5, 0.6) is 11.5 Å². The summed E-state index contributed by atoms with van der Waals surface area (Å²) in [5.74, 6) is 1.58. The highest BCUT2D eigenvalue weighted by molar-refractivity contribution is 5.28. The molecule has 1 saturated heterocycles. The predicted molar refractivity (Wildman–Crippen MR) is 111 cm³/mol. The molecule has 7 nitrogen and oxygen atoms in total. The lowest BCUT2D eigenvalue weighted by Gasteiger charge is -2.28. The number of pyridine rings is 1. The Morgan fingerprint density at radius 2 is 2.00 bits per heavy atom. The van der Waals surface area contributed by atoms with Crippen molar-refractivity contribution in [1.29, 1.82) is 0 Å². The Balaban J connectivity index is 1.29. The number of nitrogens with zero attached hydrogens (tertiary/aromatic N) is 2. The van der Waals surface area contributed by atoms with E-state index in [9.17, 15) is 5.11 Å². The van der Waals surface area contributed by atoms with E-state index >= 15 is 0 Å². The van der Waals surface area contributed by atoms with Gasteiger partial charge in [-0.2, -0.15) is 0 Å². The van der Waals surface area contributed by atoms with Gasteiger partial charge in [-0.1, -0.05) is 12.1 Å². The first-order chi connectivity index (χ1) is 14.3. The number of aliphatic hydroxyl groups excluding tert-OH is 1. The van der Waals surface area contributed by atoms with Crippen LogP contribution in [0.15, 0.2) is 48.8 Å². The van der Waals surface area contributed by atoms with Gasteiger partial charge >= 0.3 is 0 Å². The van der Waals surface area contributed by atoms with Crippen molar-refractivity contribution in [2.75, 3.05) is 52.6 Å². The maximum atomic E-state index is 10.2. The van der Waals surface area contributed by atoms with Gasteiger partial charge in [0, 0.05) is 32.4 Å². The lowest BCUT2D eigenvalue weighted by atomic mass is 10.2. The molecule has 0 saturated carbocycles. The van der Waals surface area contributed by atoms with Crippen molar-refractivity contribution in [3.8, 4) is 11.5 Å². The van der Waals surface area contributed by atoms with E-state index < -0.39 is 6.10 Å². The van der Waals surface area contributed by atoms with Crippen LogP contribution in [-0.4, -0.2) is 73.7 Å². The molecule has 158 valence electrons. The highest BCUT2D eigenvalue weighted by atomic mass is 16.5. The summed E-state index contributed by atoms with van der Waals surface area (Å²) in [7, 11) is 0. The Morgan fingerprint density at radius 3 is 2.83 bits per heavy atom. The maximum absolute atomic E-state index is 10.2. The molecule has 0 amide bonds. The average Bonchev–Trinajstić information content (AvgIpc) is 2.76. The molecule has 0 spiro atoms. The van der Waals surface area contributed by atoms with E-state index in [-0.39, 0.29) is 0 Å². The molecule has 1 aromatic carbocycles. The molecule has 0 unspecified atom stereocenters. The second-order valence-corrected chi connectivity index (χ2v) is 7.09. The molecule has 3 rings (SSSR count). The van der Waals surface area contributed by atoms with Gasteiger partial charge in [0.1, 0.15) is 24.2 Å². The number of nitrogens with one attached hydrogen (secondary N) is 1. The minimum Gasteiger partial charge on any atom is -0.492 e. The number of hydrogen-bond donors (Lipinski definition) is 2. The van der Waals surface area contributed by atoms with E-state index in [1.54, 1.807) is 12.4 Å². The fraction of sp³-hybridized carbons (Fsp3) is 0.500. The van der Waals surface area contributed by atoms with E-state index in [0.717, 1.165) is 62.9 Å². The maximum Gasteiger partial charge on any atom is 0.137 e. The number of hydrogen-bond acceptors (Lipinski definition) is 7. The highest BCUT2D eigenvalue weighted by Gasteiger charge is 2.15. The highest BCUT2D eigenvalue weighted by Crippen LogP contribution is 2.14. The van der Waals surface area contributed by atoms with Crippen LogP contribution < -0.4 is 14.8 Å². The van der Waals surface area contributed by atoms with E-state index in [4.69, 9.17) is 14.2 Å². The number of ether oxygens (including phenoxy) is 3. The second kappa shape index (κ2) is 12.4. The third kappa shape index (κ3) is 8.37. The van der Waals surface area contributed by atoms with Gasteiger partial charge in [-0.25, -0.2) is 0 Å². The van der Waals surface area contributed by atoms with Crippen molar-refractivity contribution in [2.24, 2.45) is 0 Å². The van der Waals surface area contributed by atoms with Crippen molar-refractivity contribution in [3.05, 3.63) is 54.4 Å². The molecule has 0 aliphatic carbocycles. The van der Waals surface area contributed by atoms with E-state index in [1.165, 1.54) is 0 Å². The monoisotopic (exact) mass is 401 g/mol. The van der Waals surface area contributed by atoms with E-state index in [2.05, 4.69) is 21.3 Å². The SMILES string of the molecule is O[C@@H](COc1cccc(CNCCCOc2cccnc2)c1)CN1CCOCC1. The largest absolute Gasteiger partial charge is 0.492 e. The van der Waals surface area contributed by atoms with Gasteiger partial charge in [0.05, 0.1) is 26.0 Å². The van der Waals surface area contributed by atoms with Gasteiger partial charge in [0.2, 0.25) is 0 Å². The van der Waals surface area contributed by atoms with Crippen molar-refractivity contribution >= 4 is 0 Å². The Morgan fingerprint density at radius 1 is 1.14 bits per heavy atom. The number of benzene rings is 1. The van der Waals surface area contributed by atoms with Crippen LogP contribution in [0.4, 0.5) is 0 Å². The minimum absolute atomic E-state index is 0.292. The van der Waals surface area contributed by atoms with Crippen LogP contribution in [0, 0.1) is 0 Å². The van der Waals surface area contributed by atoms with Crippen LogP contribution in [0.1, 0.15) is 12.0 Å². The van der Waals surface area contributed by atoms with Crippen molar-refractivity contribution in [1.82, 2.24) is 15.2 Å². The summed E-state index contributed by atoms with van der Waals surface area (Å²) in [6.07, 6.45) is 3.86. The summed E-state index contributed by atoms with van der Waals surface area (Å²) >= 11 is 0. The number of rotatable bonds is 12. The normalized spacial score (nSPS) is 15.8. The molecular formula is C22H31N3O4. The molecule has 2 N–H and O–H groups in total. The average molecular weight is 402 g/mol. The Hall–Kier alpha value is -2.19. The zero-order chi connectivity index (χ0) is 20.2. The summed E-state index contributed by atoms with van der Waals surface area (Å²) in [5, 5.41) is 13.6. The van der Waals surface area contributed by atoms with Gasteiger partial charge in [-0.3, -0.25) is 9.88 Å². The first-order valence-electron chi connectivity index (χ1n) is 10.2. The molecule has 1 aliphatic rings. The van der Waals surface area contributed by atoms with E-state index in [1.807, 2.05) is 30.3 Å². The molecule has 1 aliphatic heterocycles. The molecule has 1 aromatic heterocycles. The zero-order valence-corrected chi connectivity index (χ0v) is 16.8. The molecular weight excluding hydrogens is 370 g/mol. The van der Waals surface area contributed by atoms with Gasteiger partial charge in [0.15, 0.2) is 0 Å². The fourth-order valence-corrected chi connectivity index (χ4v) is 3.12. The first-order valence-corrected chi connectivity index (χ1v) is 10.2. The lowest BCUT2D eigenvalue weighted by Crippen LogP contribution is -2.42. The third-order valence-corrected chi connectivity index (χ3v) is 4.64. The van der Waals surface area contributed by atoms with Crippen LogP contribution in [-0.2, 0) is 11.3 Å². The molecule has 7 heteroatoms. The molecule has 2 heterocycles. The molecule has 29 heavy (non-hydrogen) atoms. The fourth-order valence-electron chi connectivity index (χ4n) is 3.12. The first kappa shape index (κ1) is 21.5. The second-order valence-electron chi connectivity index (χ2n) is 7.09. The number of aliphatic hydroxyl groups is 1. The Bertz CT molecular complexity index is 695. The van der Waals surface area contributed by atoms with Crippen molar-refractivity contribution in [2.45, 2.75) is 19.1 Å². The Labute approximate surface area is 172 Å². The van der Waals surface area contributed by atoms with Crippen molar-refractivity contribution < 1.29 is 19.3 Å². The number of morpholine rings is 1. The van der Waals surface area contributed by atoms with Crippen molar-refractivity contribution in [3.63, 3.8) is 0 Å². The van der Waals surface area contributed by atoms with Crippen LogP contribution in [0.2, 0.25) is 0 Å². The zero-order valence-electron chi connectivity index (χ0n) is 16.8. The van der Waals surface area contributed by atoms with Gasteiger partial charge in [-0.05, 0) is 42.8 Å². The van der Waals surface area contributed by atoms with Crippen LogP contribution in [0.3, 0.4) is 0 Å². The molecule has 2 aromatic rings. The summed E-state index contributed by atoms with van der Waals surface area (Å²) in [5.41, 5.74) is 1.15. The summed E-state index contributed by atoms with van der Waals surface area (Å²) in [6, 6.07) is 11.8. The quantitative estimate of drug-likeness (QED) is 0.525. The summed E-state index contributed by atoms with van der Waals surface area (Å²) in [4.78, 5) is 6.23. The third-order valence-electron chi connectivity index (χ3n) is 4.64. The van der Waals surface area contributed by atoms with Crippen LogP contribution in [0.25, 0.3) is 0 Å². The predicted octanol–water partition coefficient (Wildman–Crippen LogP) is 1.71. The van der Waals surface area contributed by atoms with E-state index in [0.29, 0.717) is 19.8 Å². The molecule has 1 fully saturated rings. The molecule has 0 radical (unpaired) electrons. The summed E-state index contributed by atoms with van der Waals surface area (Å²) < 4.78 is 16.7. The topological polar surface area (TPSA) is 76.1 Å². The Kier molecular flexibility index (Phi) is 9.19. The summed E-state index contributed by atoms with van der Waals surface area (Å²) in [6.45, 7) is 6.39. The standard InChI is InChI=1S/C22H31N3O4/c26-20(17-25-9-12-27-13-10-25)18-29-21-5-1-4-19(14-21)15-23-8-3-11-28-22-6-2-7-24-16-22/h1-2,4-7,14,16,20,23,26H,3,8-13,15,17-18H2/t20-/m1/s1. The number of β-amino-alcohol motifs (C(OH)–C–C–N with tert-alkyl or cyclic N) is 1. The molecule has 1 atom stereocenters. The lowest BCUT2D eigenvalue weighted by molar-refractivity contribution is 0.00465. The van der Waals surface area contributed by atoms with Gasteiger partial charge in [-0.15, -0.1) is 0 Å². The van der Waals surface area contributed by atoms with Crippen LogP contribution >= 0.6 is 0 Å². The molecule has 0 bridgehead atoms.